The average molecular weight is 351 g/mol. The summed E-state index contributed by atoms with van der Waals surface area (Å²) < 4.78 is 26.8. The quantitative estimate of drug-likeness (QED) is 0.436. The van der Waals surface area contributed by atoms with E-state index in [1.54, 1.807) is 24.4 Å². The minimum atomic E-state index is -3.86. The van der Waals surface area contributed by atoms with Crippen LogP contribution in [0.1, 0.15) is 0 Å². The number of rotatable bonds is 4. The summed E-state index contributed by atoms with van der Waals surface area (Å²) in [6.45, 7) is 0.710. The lowest BCUT2D eigenvalue weighted by Crippen LogP contribution is -2.59. The molecule has 24 heavy (non-hydrogen) atoms. The lowest BCUT2D eigenvalue weighted by Gasteiger charge is -2.33. The number of carbonyl (C=O) groups is 1. The Labute approximate surface area is 138 Å². The molecule has 1 amide bonds. The Hall–Kier alpha value is -2.27. The van der Waals surface area contributed by atoms with Gasteiger partial charge in [-0.05, 0) is 23.8 Å². The molecule has 4 N–H and O–H groups in total. The second kappa shape index (κ2) is 6.69. The monoisotopic (exact) mass is 351 g/mol. The molecule has 0 radical (unpaired) electrons. The highest BCUT2D eigenvalue weighted by Crippen LogP contribution is 2.23. The second-order valence-corrected chi connectivity index (χ2v) is 7.20. The van der Waals surface area contributed by atoms with Crippen LogP contribution in [0.25, 0.3) is 11.3 Å². The number of sulfonamides is 1. The highest BCUT2D eigenvalue weighted by Gasteiger charge is 2.37. The maximum Gasteiger partial charge on any atom is 0.263 e. The van der Waals surface area contributed by atoms with Crippen molar-refractivity contribution in [1.82, 2.24) is 25.3 Å². The van der Waals surface area contributed by atoms with Gasteiger partial charge in [-0.1, -0.05) is 12.1 Å². The summed E-state index contributed by atoms with van der Waals surface area (Å²) in [5.74, 6) is -0.764. The summed E-state index contributed by atoms with van der Waals surface area (Å²) in [5, 5.41) is 18.4. The molecule has 0 bridgehead atoms. The van der Waals surface area contributed by atoms with Crippen molar-refractivity contribution in [2.45, 2.75) is 10.9 Å². The molecule has 9 nitrogen and oxygen atoms in total. The number of hydrogen-bond acceptors (Lipinski definition) is 6. The van der Waals surface area contributed by atoms with Gasteiger partial charge in [0.15, 0.2) is 0 Å². The minimum absolute atomic E-state index is 0.0865. The number of hydroxylamine groups is 1. The fraction of sp³-hybridized carbons (Fsp3) is 0.286. The van der Waals surface area contributed by atoms with E-state index in [1.807, 2.05) is 0 Å². The zero-order valence-corrected chi connectivity index (χ0v) is 13.5. The Morgan fingerprint density at radius 3 is 2.67 bits per heavy atom. The van der Waals surface area contributed by atoms with Gasteiger partial charge in [-0.2, -0.15) is 9.40 Å². The summed E-state index contributed by atoms with van der Waals surface area (Å²) in [6.07, 6.45) is 1.61. The Bertz CT molecular complexity index is 804. The largest absolute Gasteiger partial charge is 0.313 e. The van der Waals surface area contributed by atoms with Crippen LogP contribution in [0.15, 0.2) is 41.4 Å². The van der Waals surface area contributed by atoms with Crippen molar-refractivity contribution in [3.8, 4) is 11.3 Å². The van der Waals surface area contributed by atoms with Crippen LogP contribution in [-0.4, -0.2) is 59.7 Å². The van der Waals surface area contributed by atoms with Crippen LogP contribution in [0.4, 0.5) is 0 Å². The molecule has 2 aromatic rings. The number of H-pyrrole nitrogens is 1. The van der Waals surface area contributed by atoms with Crippen molar-refractivity contribution >= 4 is 15.9 Å². The molecule has 2 heterocycles. The molecule has 128 valence electrons. The van der Waals surface area contributed by atoms with E-state index in [0.29, 0.717) is 6.54 Å². The van der Waals surface area contributed by atoms with Crippen LogP contribution in [0.5, 0.6) is 0 Å². The number of nitrogens with zero attached hydrogens (tertiary/aromatic N) is 2. The maximum atomic E-state index is 12.8. The molecule has 0 spiro atoms. The minimum Gasteiger partial charge on any atom is -0.313 e. The van der Waals surface area contributed by atoms with Gasteiger partial charge >= 0.3 is 0 Å². The predicted octanol–water partition coefficient (Wildman–Crippen LogP) is -0.455. The van der Waals surface area contributed by atoms with Crippen molar-refractivity contribution in [1.29, 1.82) is 0 Å². The maximum absolute atomic E-state index is 12.8. The highest BCUT2D eigenvalue weighted by molar-refractivity contribution is 7.89. The molecule has 0 aliphatic carbocycles. The van der Waals surface area contributed by atoms with Crippen LogP contribution in [0.3, 0.4) is 0 Å². The van der Waals surface area contributed by atoms with E-state index >= 15 is 0 Å². The first kappa shape index (κ1) is 16.6. The number of carbonyl (C=O) groups excluding carboxylic acids is 1. The molecule has 3 rings (SSSR count). The second-order valence-electron chi connectivity index (χ2n) is 5.31. The smallest absolute Gasteiger partial charge is 0.263 e. The molecule has 1 aromatic heterocycles. The van der Waals surface area contributed by atoms with Crippen LogP contribution < -0.4 is 10.8 Å². The number of piperazine rings is 1. The summed E-state index contributed by atoms with van der Waals surface area (Å²) in [6, 6.07) is 7.10. The SMILES string of the molecule is O=C(NO)C1CNCCN1S(=O)(=O)c1ccc(-c2ccn[nH]2)cc1. The first-order valence-corrected chi connectivity index (χ1v) is 8.74. The normalized spacial score (nSPS) is 19.1. The van der Waals surface area contributed by atoms with Gasteiger partial charge in [0.2, 0.25) is 10.0 Å². The Kier molecular flexibility index (Phi) is 4.62. The van der Waals surface area contributed by atoms with E-state index in [-0.39, 0.29) is 18.0 Å². The molecular weight excluding hydrogens is 334 g/mol. The fourth-order valence-electron chi connectivity index (χ4n) is 2.63. The fourth-order valence-corrected chi connectivity index (χ4v) is 4.22. The van der Waals surface area contributed by atoms with E-state index in [0.717, 1.165) is 15.6 Å². The zero-order chi connectivity index (χ0) is 17.2. The van der Waals surface area contributed by atoms with Gasteiger partial charge in [-0.15, -0.1) is 0 Å². The molecule has 0 saturated carbocycles. The van der Waals surface area contributed by atoms with E-state index in [1.165, 1.54) is 17.6 Å². The number of amides is 1. The molecule has 1 aromatic carbocycles. The van der Waals surface area contributed by atoms with Crippen molar-refractivity contribution in [2.24, 2.45) is 0 Å². The predicted molar refractivity (Wildman–Crippen MR) is 84.5 cm³/mol. The zero-order valence-electron chi connectivity index (χ0n) is 12.6. The molecule has 1 saturated heterocycles. The lowest BCUT2D eigenvalue weighted by atomic mass is 10.2. The van der Waals surface area contributed by atoms with Crippen molar-refractivity contribution in [2.75, 3.05) is 19.6 Å². The molecule has 1 aliphatic rings. The molecule has 1 aliphatic heterocycles. The number of nitrogens with one attached hydrogen (secondary N) is 3. The Balaban J connectivity index is 1.90. The number of aromatic nitrogens is 2. The van der Waals surface area contributed by atoms with Gasteiger partial charge in [0, 0.05) is 25.8 Å². The summed E-state index contributed by atoms with van der Waals surface area (Å²) >= 11 is 0. The number of benzene rings is 1. The third-order valence-electron chi connectivity index (χ3n) is 3.88. The van der Waals surface area contributed by atoms with Crippen LogP contribution in [0.2, 0.25) is 0 Å². The summed E-state index contributed by atoms with van der Waals surface area (Å²) in [5.41, 5.74) is 3.10. The standard InChI is InChI=1S/C14H17N5O4S/c20-14(18-21)13-9-15-7-8-19(13)24(22,23)11-3-1-10(2-4-11)12-5-6-16-17-12/h1-6,13,15,21H,7-9H2,(H,16,17)(H,18,20). The van der Waals surface area contributed by atoms with Gasteiger partial charge in [-0.3, -0.25) is 15.1 Å². The number of hydrogen-bond donors (Lipinski definition) is 4. The Morgan fingerprint density at radius 2 is 2.04 bits per heavy atom. The van der Waals surface area contributed by atoms with Gasteiger partial charge in [-0.25, -0.2) is 13.9 Å². The van der Waals surface area contributed by atoms with Gasteiger partial charge in [0.25, 0.3) is 5.91 Å². The van der Waals surface area contributed by atoms with Crippen LogP contribution in [-0.2, 0) is 14.8 Å². The first-order valence-electron chi connectivity index (χ1n) is 7.30. The van der Waals surface area contributed by atoms with Gasteiger partial charge in [0.05, 0.1) is 10.6 Å². The third-order valence-corrected chi connectivity index (χ3v) is 5.80. The molecule has 1 unspecified atom stereocenters. The first-order chi connectivity index (χ1) is 11.5. The van der Waals surface area contributed by atoms with E-state index in [2.05, 4.69) is 15.5 Å². The van der Waals surface area contributed by atoms with Crippen LogP contribution in [0, 0.1) is 0 Å². The molecule has 1 fully saturated rings. The van der Waals surface area contributed by atoms with Crippen molar-refractivity contribution in [3.63, 3.8) is 0 Å². The summed E-state index contributed by atoms with van der Waals surface area (Å²) in [4.78, 5) is 11.8. The van der Waals surface area contributed by atoms with Crippen molar-refractivity contribution < 1.29 is 18.4 Å². The van der Waals surface area contributed by atoms with Crippen molar-refractivity contribution in [3.05, 3.63) is 36.5 Å². The number of aromatic amines is 1. The Morgan fingerprint density at radius 1 is 1.29 bits per heavy atom. The topological polar surface area (TPSA) is 127 Å². The van der Waals surface area contributed by atoms with Gasteiger partial charge < -0.3 is 5.32 Å². The summed E-state index contributed by atoms with van der Waals surface area (Å²) in [7, 11) is -3.86. The highest BCUT2D eigenvalue weighted by atomic mass is 32.2. The van der Waals surface area contributed by atoms with Crippen LogP contribution >= 0.6 is 0 Å². The van der Waals surface area contributed by atoms with Gasteiger partial charge in [0.1, 0.15) is 6.04 Å². The average Bonchev–Trinajstić information content (AvgIpc) is 3.16. The van der Waals surface area contributed by atoms with E-state index in [4.69, 9.17) is 5.21 Å². The molecule has 10 heteroatoms. The lowest BCUT2D eigenvalue weighted by molar-refractivity contribution is -0.133. The van der Waals surface area contributed by atoms with E-state index < -0.39 is 22.0 Å². The third kappa shape index (κ3) is 3.04. The molecular formula is C14H17N5O4S. The van der Waals surface area contributed by atoms with E-state index in [9.17, 15) is 13.2 Å². The molecule has 1 atom stereocenters.